The Bertz CT molecular complexity index is 751. The molecule has 4 nitrogen and oxygen atoms in total. The molecular formula is C14H11ClN4S. The van der Waals surface area contributed by atoms with Gasteiger partial charge in [0.05, 0.1) is 10.4 Å². The Morgan fingerprint density at radius 2 is 2.05 bits per heavy atom. The quantitative estimate of drug-likeness (QED) is 0.740. The molecule has 3 rings (SSSR count). The number of rotatable bonds is 4. The van der Waals surface area contributed by atoms with E-state index in [1.165, 1.54) is 0 Å². The van der Waals surface area contributed by atoms with Crippen molar-refractivity contribution >= 4 is 38.4 Å². The summed E-state index contributed by atoms with van der Waals surface area (Å²) in [4.78, 5) is 4.36. The molecular weight excluding hydrogens is 292 g/mol. The van der Waals surface area contributed by atoms with E-state index >= 15 is 0 Å². The Morgan fingerprint density at radius 1 is 1.25 bits per heavy atom. The highest BCUT2D eigenvalue weighted by atomic mass is 35.5. The summed E-state index contributed by atoms with van der Waals surface area (Å²) in [7, 11) is 0. The van der Waals surface area contributed by atoms with Gasteiger partial charge in [0.25, 0.3) is 0 Å². The molecule has 20 heavy (non-hydrogen) atoms. The lowest BCUT2D eigenvalue weighted by atomic mass is 10.1. The third-order valence-electron chi connectivity index (χ3n) is 2.69. The highest BCUT2D eigenvalue weighted by molar-refractivity contribution is 7.22. The van der Waals surface area contributed by atoms with Crippen LogP contribution < -0.4 is 5.32 Å². The van der Waals surface area contributed by atoms with Gasteiger partial charge in [0.1, 0.15) is 0 Å². The normalized spacial score (nSPS) is 10.7. The average molecular weight is 303 g/mol. The molecule has 0 aliphatic heterocycles. The maximum atomic E-state index is 5.89. The molecule has 0 fully saturated rings. The molecule has 1 N–H and O–H groups in total. The number of nitrogens with zero attached hydrogens (tertiary/aromatic N) is 3. The van der Waals surface area contributed by atoms with Gasteiger partial charge in [-0.1, -0.05) is 41.1 Å². The smallest absolute Gasteiger partial charge is 0.194 e. The molecule has 0 unspecified atom stereocenters. The van der Waals surface area contributed by atoms with Crippen molar-refractivity contribution in [3.05, 3.63) is 48.0 Å². The van der Waals surface area contributed by atoms with Crippen LogP contribution in [0.2, 0.25) is 5.02 Å². The van der Waals surface area contributed by atoms with Crippen LogP contribution in [0.25, 0.3) is 21.6 Å². The molecule has 0 bridgehead atoms. The van der Waals surface area contributed by atoms with Crippen molar-refractivity contribution in [2.45, 2.75) is 0 Å². The number of fused-ring (bicyclic) bond motifs is 1. The maximum absolute atomic E-state index is 5.89. The largest absolute Gasteiger partial charge is 0.358 e. The van der Waals surface area contributed by atoms with Gasteiger partial charge in [-0.15, -0.1) is 16.8 Å². The molecule has 0 amide bonds. The predicted octanol–water partition coefficient (Wildman–Crippen LogP) is 4.00. The van der Waals surface area contributed by atoms with Gasteiger partial charge in [0.15, 0.2) is 10.8 Å². The molecule has 0 saturated heterocycles. The third kappa shape index (κ3) is 2.64. The van der Waals surface area contributed by atoms with E-state index in [1.54, 1.807) is 17.4 Å². The van der Waals surface area contributed by atoms with Gasteiger partial charge in [0, 0.05) is 17.1 Å². The highest BCUT2D eigenvalue weighted by Crippen LogP contribution is 2.27. The number of nitrogens with one attached hydrogen (secondary N) is 1. The van der Waals surface area contributed by atoms with Crippen molar-refractivity contribution in [1.82, 2.24) is 15.2 Å². The Morgan fingerprint density at radius 3 is 2.80 bits per heavy atom. The Balaban J connectivity index is 1.97. The summed E-state index contributed by atoms with van der Waals surface area (Å²) in [5.41, 5.74) is 2.45. The summed E-state index contributed by atoms with van der Waals surface area (Å²) in [6, 6.07) is 9.52. The summed E-state index contributed by atoms with van der Waals surface area (Å²) in [5.74, 6) is 0. The molecule has 0 saturated carbocycles. The number of hydrogen-bond acceptors (Lipinski definition) is 5. The number of anilines is 1. The lowest BCUT2D eigenvalue weighted by Crippen LogP contribution is -1.96. The van der Waals surface area contributed by atoms with E-state index < -0.39 is 0 Å². The lowest BCUT2D eigenvalue weighted by Gasteiger charge is -1.99. The first kappa shape index (κ1) is 13.0. The van der Waals surface area contributed by atoms with Crippen molar-refractivity contribution in [1.29, 1.82) is 0 Å². The molecule has 2 heterocycles. The summed E-state index contributed by atoms with van der Waals surface area (Å²) in [6.07, 6.45) is 1.79. The van der Waals surface area contributed by atoms with Crippen LogP contribution in [0.15, 0.2) is 43.0 Å². The minimum atomic E-state index is 0.652. The molecule has 2 aromatic heterocycles. The zero-order valence-electron chi connectivity index (χ0n) is 10.5. The van der Waals surface area contributed by atoms with Gasteiger partial charge in [-0.05, 0) is 18.2 Å². The number of thiazole rings is 1. The Kier molecular flexibility index (Phi) is 3.62. The molecule has 0 aliphatic carbocycles. The standard InChI is InChI=1S/C14H11ClN4S/c1-2-7-16-14-17-13-12(20-14)8-11(18-19-13)9-3-5-10(15)6-4-9/h2-6,8H,1,7H2,(H,16,17,19). The van der Waals surface area contributed by atoms with Crippen LogP contribution in [0.3, 0.4) is 0 Å². The SMILES string of the molecule is C=CCNc1nc2nnc(-c3ccc(Cl)cc3)cc2s1. The summed E-state index contributed by atoms with van der Waals surface area (Å²) in [5, 5.41) is 13.0. The number of benzene rings is 1. The van der Waals surface area contributed by atoms with E-state index in [2.05, 4.69) is 27.1 Å². The number of hydrogen-bond donors (Lipinski definition) is 1. The fraction of sp³-hybridized carbons (Fsp3) is 0.0714. The minimum absolute atomic E-state index is 0.652. The van der Waals surface area contributed by atoms with Gasteiger partial charge < -0.3 is 5.32 Å². The van der Waals surface area contributed by atoms with Crippen molar-refractivity contribution in [2.24, 2.45) is 0 Å². The van der Waals surface area contributed by atoms with Crippen LogP contribution >= 0.6 is 22.9 Å². The maximum Gasteiger partial charge on any atom is 0.194 e. The van der Waals surface area contributed by atoms with Crippen molar-refractivity contribution in [2.75, 3.05) is 11.9 Å². The number of aromatic nitrogens is 3. The second-order valence-corrected chi connectivity index (χ2v) is 5.58. The zero-order valence-corrected chi connectivity index (χ0v) is 12.1. The van der Waals surface area contributed by atoms with Crippen LogP contribution in [0, 0.1) is 0 Å². The summed E-state index contributed by atoms with van der Waals surface area (Å²) < 4.78 is 0.997. The minimum Gasteiger partial charge on any atom is -0.358 e. The molecule has 1 aromatic carbocycles. The highest BCUT2D eigenvalue weighted by Gasteiger charge is 2.08. The fourth-order valence-corrected chi connectivity index (χ4v) is 2.71. The van der Waals surface area contributed by atoms with E-state index in [1.807, 2.05) is 30.3 Å². The van der Waals surface area contributed by atoms with Gasteiger partial charge in [-0.3, -0.25) is 0 Å². The first-order chi connectivity index (χ1) is 9.76. The molecule has 0 radical (unpaired) electrons. The summed E-state index contributed by atoms with van der Waals surface area (Å²) in [6.45, 7) is 4.34. The van der Waals surface area contributed by atoms with E-state index in [-0.39, 0.29) is 0 Å². The van der Waals surface area contributed by atoms with Crippen LogP contribution in [0.4, 0.5) is 5.13 Å². The van der Waals surface area contributed by atoms with Gasteiger partial charge in [-0.25, -0.2) is 0 Å². The molecule has 6 heteroatoms. The van der Waals surface area contributed by atoms with E-state index in [0.29, 0.717) is 17.2 Å². The molecule has 0 aliphatic rings. The molecule has 0 spiro atoms. The number of halogens is 1. The molecule has 100 valence electrons. The fourth-order valence-electron chi connectivity index (χ4n) is 1.74. The zero-order chi connectivity index (χ0) is 13.9. The first-order valence-corrected chi connectivity index (χ1v) is 7.20. The predicted molar refractivity (Wildman–Crippen MR) is 84.3 cm³/mol. The van der Waals surface area contributed by atoms with Crippen LogP contribution in [0.5, 0.6) is 0 Å². The van der Waals surface area contributed by atoms with Crippen molar-refractivity contribution in [3.8, 4) is 11.3 Å². The Hall–Kier alpha value is -1.98. The second kappa shape index (κ2) is 5.56. The summed E-state index contributed by atoms with van der Waals surface area (Å²) >= 11 is 7.44. The van der Waals surface area contributed by atoms with Gasteiger partial charge in [0.2, 0.25) is 0 Å². The van der Waals surface area contributed by atoms with E-state index in [0.717, 1.165) is 21.1 Å². The van der Waals surface area contributed by atoms with E-state index in [9.17, 15) is 0 Å². The van der Waals surface area contributed by atoms with Gasteiger partial charge in [-0.2, -0.15) is 4.98 Å². The monoisotopic (exact) mass is 302 g/mol. The first-order valence-electron chi connectivity index (χ1n) is 6.01. The third-order valence-corrected chi connectivity index (χ3v) is 3.89. The van der Waals surface area contributed by atoms with Crippen LogP contribution in [0.1, 0.15) is 0 Å². The Labute approximate surface area is 125 Å². The molecule has 0 atom stereocenters. The average Bonchev–Trinajstić information content (AvgIpc) is 2.87. The van der Waals surface area contributed by atoms with Crippen molar-refractivity contribution < 1.29 is 0 Å². The lowest BCUT2D eigenvalue weighted by molar-refractivity contribution is 1.06. The topological polar surface area (TPSA) is 50.7 Å². The van der Waals surface area contributed by atoms with Crippen LogP contribution in [-0.4, -0.2) is 21.7 Å². The van der Waals surface area contributed by atoms with Crippen molar-refractivity contribution in [3.63, 3.8) is 0 Å². The van der Waals surface area contributed by atoms with Gasteiger partial charge >= 0.3 is 0 Å². The van der Waals surface area contributed by atoms with E-state index in [4.69, 9.17) is 11.6 Å². The second-order valence-electron chi connectivity index (χ2n) is 4.11. The van der Waals surface area contributed by atoms with Crippen LogP contribution in [-0.2, 0) is 0 Å². The molecule has 3 aromatic rings.